The van der Waals surface area contributed by atoms with E-state index < -0.39 is 24.0 Å². The van der Waals surface area contributed by atoms with Gasteiger partial charge in [-0.25, -0.2) is 19.3 Å². The number of nitrogen functional groups attached to an aromatic ring is 1. The molecule has 3 heterocycles. The van der Waals surface area contributed by atoms with E-state index in [2.05, 4.69) is 20.3 Å². The molecule has 0 radical (unpaired) electrons. The second-order valence-electron chi connectivity index (χ2n) is 7.54. The van der Waals surface area contributed by atoms with Crippen LogP contribution >= 0.6 is 0 Å². The van der Waals surface area contributed by atoms with Crippen LogP contribution in [0, 0.1) is 6.92 Å². The van der Waals surface area contributed by atoms with E-state index in [1.807, 2.05) is 24.6 Å². The Hall–Kier alpha value is -3.11. The van der Waals surface area contributed by atoms with E-state index in [0.717, 1.165) is 11.1 Å². The summed E-state index contributed by atoms with van der Waals surface area (Å²) < 4.78 is 54.4. The summed E-state index contributed by atoms with van der Waals surface area (Å²) in [5.41, 5.74) is 8.20. The zero-order valence-corrected chi connectivity index (χ0v) is 16.4. The Morgan fingerprint density at radius 2 is 1.87 bits per heavy atom. The summed E-state index contributed by atoms with van der Waals surface area (Å²) in [6.07, 6.45) is -4.04. The number of nitrogens with one attached hydrogen (secondary N) is 1. The monoisotopic (exact) mass is 423 g/mol. The number of hydrogen-bond acceptors (Lipinski definition) is 6. The topological polar surface area (TPSA) is 84.9 Å². The highest BCUT2D eigenvalue weighted by Crippen LogP contribution is 2.30. The number of imidazole rings is 1. The average molecular weight is 423 g/mol. The Morgan fingerprint density at radius 1 is 1.17 bits per heavy atom. The molecule has 0 aliphatic carbocycles. The Kier molecular flexibility index (Phi) is 4.91. The summed E-state index contributed by atoms with van der Waals surface area (Å²) in [5.74, 6) is 0.618. The summed E-state index contributed by atoms with van der Waals surface area (Å²) in [5, 5.41) is 2.93. The summed E-state index contributed by atoms with van der Waals surface area (Å²) >= 11 is 0. The standard InChI is InChI=1S/C19H21F4N7/c1-10-3-16-15(5-14(10)24)28-18(29(16)2)30-8-12(20)4-13(9-30)27-17-25-6-11(7-26-17)19(21,22)23/h3,5-7,12-13H,4,8-9,24H2,1-2H3,(H,25,26,27)/t12-,13-/m1/s1. The maximum absolute atomic E-state index is 14.5. The number of piperidine rings is 1. The second kappa shape index (κ2) is 7.29. The number of halogens is 4. The van der Waals surface area contributed by atoms with Crippen molar-refractivity contribution in [3.05, 3.63) is 35.7 Å². The number of rotatable bonds is 3. The number of nitrogens with two attached hydrogens (primary N) is 1. The van der Waals surface area contributed by atoms with Crippen molar-refractivity contribution in [2.45, 2.75) is 31.7 Å². The van der Waals surface area contributed by atoms with Crippen molar-refractivity contribution in [1.29, 1.82) is 0 Å². The van der Waals surface area contributed by atoms with Gasteiger partial charge < -0.3 is 20.5 Å². The van der Waals surface area contributed by atoms with E-state index in [1.165, 1.54) is 0 Å². The zero-order chi connectivity index (χ0) is 21.6. The number of alkyl halides is 4. The third-order valence-electron chi connectivity index (χ3n) is 5.24. The molecule has 160 valence electrons. The summed E-state index contributed by atoms with van der Waals surface area (Å²) in [6.45, 7) is 2.47. The third-order valence-corrected chi connectivity index (χ3v) is 5.24. The first kappa shape index (κ1) is 20.2. The van der Waals surface area contributed by atoms with Crippen LogP contribution < -0.4 is 16.0 Å². The molecular weight excluding hydrogens is 402 g/mol. The quantitative estimate of drug-likeness (QED) is 0.497. The molecule has 0 unspecified atom stereocenters. The third kappa shape index (κ3) is 3.83. The van der Waals surface area contributed by atoms with Crippen LogP contribution in [-0.2, 0) is 13.2 Å². The lowest BCUT2D eigenvalue weighted by molar-refractivity contribution is -0.138. The average Bonchev–Trinajstić information content (AvgIpc) is 2.97. The molecule has 2 atom stereocenters. The van der Waals surface area contributed by atoms with Crippen molar-refractivity contribution in [3.63, 3.8) is 0 Å². The van der Waals surface area contributed by atoms with Gasteiger partial charge in [0.1, 0.15) is 6.17 Å². The molecule has 3 aromatic rings. The van der Waals surface area contributed by atoms with Gasteiger partial charge in [0.05, 0.1) is 23.1 Å². The molecule has 3 N–H and O–H groups in total. The Morgan fingerprint density at radius 3 is 2.53 bits per heavy atom. The Bertz CT molecular complexity index is 1060. The lowest BCUT2D eigenvalue weighted by atomic mass is 10.0. The van der Waals surface area contributed by atoms with Crippen molar-refractivity contribution in [3.8, 4) is 0 Å². The van der Waals surface area contributed by atoms with Crippen molar-refractivity contribution in [2.24, 2.45) is 7.05 Å². The van der Waals surface area contributed by atoms with Gasteiger partial charge in [-0.15, -0.1) is 0 Å². The molecule has 1 aliphatic heterocycles. The molecule has 7 nitrogen and oxygen atoms in total. The molecule has 2 aromatic heterocycles. The number of aromatic nitrogens is 4. The van der Waals surface area contributed by atoms with Gasteiger partial charge in [0.25, 0.3) is 0 Å². The van der Waals surface area contributed by atoms with Gasteiger partial charge in [-0.1, -0.05) is 0 Å². The minimum atomic E-state index is -4.51. The predicted octanol–water partition coefficient (Wildman–Crippen LogP) is 3.30. The van der Waals surface area contributed by atoms with Crippen molar-refractivity contribution >= 4 is 28.6 Å². The maximum atomic E-state index is 14.5. The van der Waals surface area contributed by atoms with E-state index in [9.17, 15) is 17.6 Å². The predicted molar refractivity (Wildman–Crippen MR) is 106 cm³/mol. The number of fused-ring (bicyclic) bond motifs is 1. The number of benzene rings is 1. The van der Waals surface area contributed by atoms with Crippen LogP contribution in [0.4, 0.5) is 35.1 Å². The number of aryl methyl sites for hydroxylation is 2. The summed E-state index contributed by atoms with van der Waals surface area (Å²) in [7, 11) is 1.85. The largest absolute Gasteiger partial charge is 0.419 e. The molecular formula is C19H21F4N7. The minimum Gasteiger partial charge on any atom is -0.398 e. The molecule has 0 saturated carbocycles. The molecule has 30 heavy (non-hydrogen) atoms. The smallest absolute Gasteiger partial charge is 0.398 e. The van der Waals surface area contributed by atoms with Gasteiger partial charge in [-0.05, 0) is 24.6 Å². The highest BCUT2D eigenvalue weighted by atomic mass is 19.4. The van der Waals surface area contributed by atoms with E-state index >= 15 is 0 Å². The Balaban J connectivity index is 1.55. The number of anilines is 3. The van der Waals surface area contributed by atoms with Crippen LogP contribution in [0.2, 0.25) is 0 Å². The van der Waals surface area contributed by atoms with Crippen LogP contribution in [0.25, 0.3) is 11.0 Å². The maximum Gasteiger partial charge on any atom is 0.419 e. The fourth-order valence-electron chi connectivity index (χ4n) is 3.67. The lowest BCUT2D eigenvalue weighted by Gasteiger charge is -2.35. The van der Waals surface area contributed by atoms with Gasteiger partial charge in [-0.3, -0.25) is 0 Å². The van der Waals surface area contributed by atoms with Crippen LogP contribution in [0.15, 0.2) is 24.5 Å². The molecule has 0 amide bonds. The van der Waals surface area contributed by atoms with Gasteiger partial charge in [0, 0.05) is 44.1 Å². The first-order valence-corrected chi connectivity index (χ1v) is 9.39. The van der Waals surface area contributed by atoms with Gasteiger partial charge in [0.2, 0.25) is 11.9 Å². The van der Waals surface area contributed by atoms with E-state index in [0.29, 0.717) is 36.1 Å². The number of nitrogens with zero attached hydrogens (tertiary/aromatic N) is 5. The molecule has 1 fully saturated rings. The zero-order valence-electron chi connectivity index (χ0n) is 16.4. The molecule has 4 rings (SSSR count). The fourth-order valence-corrected chi connectivity index (χ4v) is 3.67. The van der Waals surface area contributed by atoms with E-state index in [4.69, 9.17) is 5.73 Å². The summed E-state index contributed by atoms with van der Waals surface area (Å²) in [4.78, 5) is 13.8. The Labute approximate surface area is 169 Å². The van der Waals surface area contributed by atoms with Crippen LogP contribution in [-0.4, -0.2) is 44.8 Å². The lowest BCUT2D eigenvalue weighted by Crippen LogP contribution is -2.48. The van der Waals surface area contributed by atoms with Crippen LogP contribution in [0.5, 0.6) is 0 Å². The van der Waals surface area contributed by atoms with Gasteiger partial charge in [0.15, 0.2) is 0 Å². The van der Waals surface area contributed by atoms with E-state index in [-0.39, 0.29) is 18.9 Å². The van der Waals surface area contributed by atoms with Crippen molar-refractivity contribution in [2.75, 3.05) is 29.0 Å². The summed E-state index contributed by atoms with van der Waals surface area (Å²) in [6, 6.07) is 3.33. The molecule has 1 saturated heterocycles. The molecule has 1 aromatic carbocycles. The van der Waals surface area contributed by atoms with Crippen molar-refractivity contribution in [1.82, 2.24) is 19.5 Å². The molecule has 0 bridgehead atoms. The first-order chi connectivity index (χ1) is 14.1. The van der Waals surface area contributed by atoms with Crippen LogP contribution in [0.3, 0.4) is 0 Å². The van der Waals surface area contributed by atoms with E-state index in [1.54, 1.807) is 11.0 Å². The normalized spacial score (nSPS) is 20.0. The minimum absolute atomic E-state index is 0.0236. The van der Waals surface area contributed by atoms with Crippen LogP contribution in [0.1, 0.15) is 17.5 Å². The molecule has 11 heteroatoms. The van der Waals surface area contributed by atoms with Crippen molar-refractivity contribution < 1.29 is 17.6 Å². The highest BCUT2D eigenvalue weighted by Gasteiger charge is 2.32. The second-order valence-corrected chi connectivity index (χ2v) is 7.54. The first-order valence-electron chi connectivity index (χ1n) is 9.39. The fraction of sp³-hybridized carbons (Fsp3) is 0.421. The SMILES string of the molecule is Cc1cc2c(cc1N)nc(N1C[C@H](F)C[C@@H](Nc3ncc(C(F)(F)F)cn3)C1)n2C. The van der Waals surface area contributed by atoms with Gasteiger partial charge >= 0.3 is 6.18 Å². The molecule has 0 spiro atoms. The van der Waals surface area contributed by atoms with Gasteiger partial charge in [-0.2, -0.15) is 13.2 Å². The number of hydrogen-bond donors (Lipinski definition) is 2. The molecule has 1 aliphatic rings. The highest BCUT2D eigenvalue weighted by molar-refractivity contribution is 5.83.